The van der Waals surface area contributed by atoms with Gasteiger partial charge in [0.1, 0.15) is 6.07 Å². The normalized spacial score (nSPS) is 15.2. The second-order valence-corrected chi connectivity index (χ2v) is 6.00. The minimum atomic E-state index is -4.64. The summed E-state index contributed by atoms with van der Waals surface area (Å²) in [5.74, 6) is -0.833. The van der Waals surface area contributed by atoms with Crippen molar-refractivity contribution in [2.45, 2.75) is 31.6 Å². The number of carbonyl (C=O) groups excluding carboxylic acids is 1. The molecule has 0 bridgehead atoms. The topological polar surface area (TPSA) is 81.4 Å². The van der Waals surface area contributed by atoms with Crippen molar-refractivity contribution in [2.75, 3.05) is 18.0 Å². The van der Waals surface area contributed by atoms with Crippen LogP contribution in [-0.4, -0.2) is 36.6 Å². The van der Waals surface area contributed by atoms with E-state index in [1.165, 1.54) is 12.1 Å². The van der Waals surface area contributed by atoms with Crippen LogP contribution >= 0.6 is 0 Å². The summed E-state index contributed by atoms with van der Waals surface area (Å²) in [7, 11) is 0. The average molecular weight is 410 g/mol. The highest BCUT2D eigenvalue weighted by molar-refractivity contribution is 5.67. The molecule has 1 aliphatic heterocycles. The number of nitrogens with zero attached hydrogens (tertiary/aromatic N) is 2. The summed E-state index contributed by atoms with van der Waals surface area (Å²) in [4.78, 5) is 21.1. The number of hydrogen-bond donors (Lipinski definition) is 1. The molecule has 1 fully saturated rings. The van der Waals surface area contributed by atoms with Crippen LogP contribution in [0, 0.1) is 17.2 Å². The molecule has 1 saturated heterocycles. The molecular formula is C17H16F6N2O3. The van der Waals surface area contributed by atoms with Crippen LogP contribution in [0.5, 0.6) is 0 Å². The molecule has 0 atom stereocenters. The fraction of sp³-hybridized carbons (Fsp3) is 0.471. The second kappa shape index (κ2) is 9.43. The Labute approximate surface area is 156 Å². The zero-order valence-corrected chi connectivity index (χ0v) is 14.3. The van der Waals surface area contributed by atoms with E-state index in [1.54, 1.807) is 11.0 Å². The molecule has 1 heterocycles. The maximum atomic E-state index is 13.0. The van der Waals surface area contributed by atoms with E-state index in [4.69, 9.17) is 15.2 Å². The van der Waals surface area contributed by atoms with Gasteiger partial charge in [0.2, 0.25) is 6.29 Å². The zero-order valence-electron chi connectivity index (χ0n) is 14.3. The maximum absolute atomic E-state index is 13.0. The third-order valence-electron chi connectivity index (χ3n) is 4.01. The van der Waals surface area contributed by atoms with Gasteiger partial charge in [0, 0.05) is 19.5 Å². The molecule has 0 radical (unpaired) electrons. The number of anilines is 1. The van der Waals surface area contributed by atoms with Gasteiger partial charge in [-0.1, -0.05) is 6.07 Å². The Hall–Kier alpha value is -2.77. The summed E-state index contributed by atoms with van der Waals surface area (Å²) in [6, 6.07) is 5.36. The van der Waals surface area contributed by atoms with Crippen molar-refractivity contribution >= 4 is 17.9 Å². The molecule has 0 aliphatic carbocycles. The molecule has 154 valence electrons. The average Bonchev–Trinajstić information content (AvgIpc) is 2.60. The van der Waals surface area contributed by atoms with Crippen LogP contribution in [0.4, 0.5) is 32.0 Å². The molecule has 0 unspecified atom stereocenters. The van der Waals surface area contributed by atoms with Gasteiger partial charge in [-0.3, -0.25) is 9.59 Å². The SMILES string of the molecule is N#Cc1c(N2CCC(CC(=O)O)CC2)cccc1C(F)(F)F.O=CC(F)(F)F. The van der Waals surface area contributed by atoms with E-state index in [-0.39, 0.29) is 23.6 Å². The number of hydrogen-bond acceptors (Lipinski definition) is 4. The molecule has 2 rings (SSSR count). The lowest BCUT2D eigenvalue weighted by Gasteiger charge is -2.34. The predicted octanol–water partition coefficient (Wildman–Crippen LogP) is 4.02. The van der Waals surface area contributed by atoms with Crippen LogP contribution in [0.3, 0.4) is 0 Å². The van der Waals surface area contributed by atoms with Gasteiger partial charge >= 0.3 is 18.3 Å². The van der Waals surface area contributed by atoms with Crippen molar-refractivity contribution in [2.24, 2.45) is 5.92 Å². The van der Waals surface area contributed by atoms with Gasteiger partial charge in [0.15, 0.2) is 0 Å². The highest BCUT2D eigenvalue weighted by Gasteiger charge is 2.35. The first-order valence-corrected chi connectivity index (χ1v) is 7.99. The number of benzene rings is 1. The van der Waals surface area contributed by atoms with Gasteiger partial charge in [-0.05, 0) is 30.9 Å². The standard InChI is InChI=1S/C15H15F3N2O2.C2HF3O/c16-15(17,18)12-2-1-3-13(11(12)9-19)20-6-4-10(5-7-20)8-14(21)22;3-2(4,5)1-6/h1-3,10H,4-8H2,(H,21,22);1H. The monoisotopic (exact) mass is 410 g/mol. The van der Waals surface area contributed by atoms with Gasteiger partial charge in [-0.25, -0.2) is 0 Å². The van der Waals surface area contributed by atoms with Gasteiger partial charge in [-0.15, -0.1) is 0 Å². The lowest BCUT2D eigenvalue weighted by atomic mass is 9.92. The maximum Gasteiger partial charge on any atom is 0.446 e. The number of rotatable bonds is 3. The molecular weight excluding hydrogens is 394 g/mol. The Kier molecular flexibility index (Phi) is 7.84. The number of aliphatic carboxylic acids is 1. The van der Waals surface area contributed by atoms with Gasteiger partial charge in [0.25, 0.3) is 0 Å². The molecule has 1 N–H and O–H groups in total. The minimum absolute atomic E-state index is 0.0325. The van der Waals surface area contributed by atoms with E-state index in [0.29, 0.717) is 25.9 Å². The van der Waals surface area contributed by atoms with Gasteiger partial charge in [0.05, 0.1) is 16.8 Å². The number of alkyl halides is 6. The molecule has 1 aromatic rings. The summed E-state index contributed by atoms with van der Waals surface area (Å²) in [5.41, 5.74) is -1.03. The summed E-state index contributed by atoms with van der Waals surface area (Å²) in [6.45, 7) is 0.905. The number of halogens is 6. The van der Waals surface area contributed by atoms with Crippen LogP contribution in [0.1, 0.15) is 30.4 Å². The second-order valence-electron chi connectivity index (χ2n) is 6.00. The van der Waals surface area contributed by atoms with E-state index >= 15 is 0 Å². The largest absolute Gasteiger partial charge is 0.481 e. The first-order valence-electron chi connectivity index (χ1n) is 7.99. The fourth-order valence-electron chi connectivity index (χ4n) is 2.78. The molecule has 0 aromatic heterocycles. The lowest BCUT2D eigenvalue weighted by Crippen LogP contribution is -2.35. The molecule has 0 saturated carbocycles. The van der Waals surface area contributed by atoms with Crippen molar-refractivity contribution < 1.29 is 41.0 Å². The van der Waals surface area contributed by atoms with E-state index in [2.05, 4.69) is 0 Å². The highest BCUT2D eigenvalue weighted by atomic mass is 19.4. The zero-order chi connectivity index (χ0) is 21.5. The number of aldehydes is 1. The Morgan fingerprint density at radius 1 is 1.21 bits per heavy atom. The Morgan fingerprint density at radius 3 is 2.14 bits per heavy atom. The van der Waals surface area contributed by atoms with Crippen LogP contribution in [0.25, 0.3) is 0 Å². The van der Waals surface area contributed by atoms with E-state index in [1.807, 2.05) is 0 Å². The van der Waals surface area contributed by atoms with Crippen molar-refractivity contribution in [3.63, 3.8) is 0 Å². The van der Waals surface area contributed by atoms with Gasteiger partial charge in [-0.2, -0.15) is 31.6 Å². The summed E-state index contributed by atoms with van der Waals surface area (Å²) in [5, 5.41) is 17.9. The fourth-order valence-corrected chi connectivity index (χ4v) is 2.78. The molecule has 11 heteroatoms. The first-order chi connectivity index (χ1) is 12.9. The third kappa shape index (κ3) is 7.09. The Balaban J connectivity index is 0.000000568. The lowest BCUT2D eigenvalue weighted by molar-refractivity contribution is -0.156. The van der Waals surface area contributed by atoms with Crippen LogP contribution in [-0.2, 0) is 15.8 Å². The number of carboxylic acid groups (broad SMARTS) is 1. The van der Waals surface area contributed by atoms with E-state index in [9.17, 15) is 31.1 Å². The number of carboxylic acids is 1. The van der Waals surface area contributed by atoms with E-state index in [0.717, 1.165) is 6.07 Å². The molecule has 1 aliphatic rings. The van der Waals surface area contributed by atoms with E-state index < -0.39 is 30.2 Å². The van der Waals surface area contributed by atoms with Crippen LogP contribution in [0.2, 0.25) is 0 Å². The summed E-state index contributed by atoms with van der Waals surface area (Å²) >= 11 is 0. The van der Waals surface area contributed by atoms with Crippen molar-refractivity contribution in [3.8, 4) is 6.07 Å². The molecule has 1 aromatic carbocycles. The summed E-state index contributed by atoms with van der Waals surface area (Å²) < 4.78 is 70.1. The van der Waals surface area contributed by atoms with Gasteiger partial charge < -0.3 is 10.0 Å². The molecule has 0 amide bonds. The first kappa shape index (κ1) is 23.3. The minimum Gasteiger partial charge on any atom is -0.481 e. The quantitative estimate of drug-likeness (QED) is 0.602. The molecule has 5 nitrogen and oxygen atoms in total. The number of nitriles is 1. The highest BCUT2D eigenvalue weighted by Crippen LogP contribution is 2.37. The Morgan fingerprint density at radius 2 is 1.75 bits per heavy atom. The Bertz CT molecular complexity index is 732. The number of carbonyl (C=O) groups is 2. The third-order valence-corrected chi connectivity index (χ3v) is 4.01. The van der Waals surface area contributed by atoms with Crippen molar-refractivity contribution in [3.05, 3.63) is 29.3 Å². The smallest absolute Gasteiger partial charge is 0.446 e. The van der Waals surface area contributed by atoms with Crippen molar-refractivity contribution in [1.82, 2.24) is 0 Å². The summed E-state index contributed by atoms with van der Waals surface area (Å²) in [6.07, 6.45) is -9.02. The van der Waals surface area contributed by atoms with Crippen LogP contribution in [0.15, 0.2) is 18.2 Å². The predicted molar refractivity (Wildman–Crippen MR) is 85.5 cm³/mol. The molecule has 0 spiro atoms. The molecule has 28 heavy (non-hydrogen) atoms. The van der Waals surface area contributed by atoms with Crippen LogP contribution < -0.4 is 4.90 Å². The van der Waals surface area contributed by atoms with Crippen molar-refractivity contribution in [1.29, 1.82) is 5.26 Å². The number of piperidine rings is 1.